The zero-order valence-electron chi connectivity index (χ0n) is 17.3. The summed E-state index contributed by atoms with van der Waals surface area (Å²) in [5.74, 6) is -0.0585. The largest absolute Gasteiger partial charge is 0.466 e. The van der Waals surface area contributed by atoms with Gasteiger partial charge in [-0.2, -0.15) is 0 Å². The first kappa shape index (κ1) is 21.3. The van der Waals surface area contributed by atoms with Gasteiger partial charge in [0.1, 0.15) is 0 Å². The number of benzene rings is 2. The highest BCUT2D eigenvalue weighted by molar-refractivity contribution is 5.82. The highest BCUT2D eigenvalue weighted by Gasteiger charge is 2.26. The molecule has 4 heteroatoms. The smallest absolute Gasteiger partial charge is 0.310 e. The number of carbonyl (C=O) groups excluding carboxylic acids is 1. The molecule has 1 heterocycles. The van der Waals surface area contributed by atoms with E-state index in [1.807, 2.05) is 31.2 Å². The first-order valence-corrected chi connectivity index (χ1v) is 10.5. The lowest BCUT2D eigenvalue weighted by Crippen LogP contribution is -2.40. The summed E-state index contributed by atoms with van der Waals surface area (Å²) in [6.45, 7) is 6.15. The Bertz CT molecular complexity index is 773. The second-order valence-corrected chi connectivity index (χ2v) is 7.39. The van der Waals surface area contributed by atoms with Gasteiger partial charge < -0.3 is 14.4 Å². The van der Waals surface area contributed by atoms with Gasteiger partial charge in [-0.25, -0.2) is 0 Å². The fourth-order valence-corrected chi connectivity index (χ4v) is 3.70. The zero-order valence-corrected chi connectivity index (χ0v) is 17.3. The van der Waals surface area contributed by atoms with Gasteiger partial charge in [-0.05, 0) is 49.1 Å². The number of esters is 1. The maximum atomic E-state index is 12.0. The van der Waals surface area contributed by atoms with E-state index in [2.05, 4.69) is 47.4 Å². The molecular formula is C25H31NO3. The number of rotatable bonds is 9. The van der Waals surface area contributed by atoms with Crippen LogP contribution in [0.2, 0.25) is 0 Å². The third-order valence-corrected chi connectivity index (χ3v) is 5.22. The Morgan fingerprint density at radius 3 is 2.55 bits per heavy atom. The van der Waals surface area contributed by atoms with E-state index < -0.39 is 0 Å². The minimum Gasteiger partial charge on any atom is -0.466 e. The number of hydrogen-bond acceptors (Lipinski definition) is 4. The second-order valence-electron chi connectivity index (χ2n) is 7.39. The molecule has 1 aliphatic heterocycles. The lowest BCUT2D eigenvalue weighted by Gasteiger charge is -2.31. The summed E-state index contributed by atoms with van der Waals surface area (Å²) in [6.07, 6.45) is 4.15. The molecule has 1 fully saturated rings. The van der Waals surface area contributed by atoms with Crippen molar-refractivity contribution in [2.24, 2.45) is 5.92 Å². The van der Waals surface area contributed by atoms with Gasteiger partial charge >= 0.3 is 5.97 Å². The van der Waals surface area contributed by atoms with Crippen LogP contribution >= 0.6 is 0 Å². The normalized spacial score (nSPS) is 17.8. The van der Waals surface area contributed by atoms with E-state index in [0.717, 1.165) is 32.5 Å². The van der Waals surface area contributed by atoms with Crippen LogP contribution in [-0.4, -0.2) is 50.3 Å². The van der Waals surface area contributed by atoms with Crippen LogP contribution in [0.5, 0.6) is 0 Å². The zero-order chi connectivity index (χ0) is 20.3. The van der Waals surface area contributed by atoms with Crippen LogP contribution in [0.25, 0.3) is 11.6 Å². The van der Waals surface area contributed by atoms with Crippen LogP contribution in [0.15, 0.2) is 60.7 Å². The Kier molecular flexibility index (Phi) is 8.47. The number of nitrogens with zero attached hydrogens (tertiary/aromatic N) is 1. The fourth-order valence-electron chi connectivity index (χ4n) is 3.70. The number of piperidine rings is 1. The van der Waals surface area contributed by atoms with E-state index >= 15 is 0 Å². The van der Waals surface area contributed by atoms with Crippen LogP contribution in [-0.2, 0) is 14.3 Å². The molecule has 154 valence electrons. The number of carbonyl (C=O) groups is 1. The molecule has 29 heavy (non-hydrogen) atoms. The van der Waals surface area contributed by atoms with Gasteiger partial charge in [0.05, 0.1) is 25.7 Å². The predicted octanol–water partition coefficient (Wildman–Crippen LogP) is 4.52. The Hall–Kier alpha value is -2.43. The third kappa shape index (κ3) is 6.84. The molecule has 0 N–H and O–H groups in total. The van der Waals surface area contributed by atoms with Crippen molar-refractivity contribution in [3.63, 3.8) is 0 Å². The van der Waals surface area contributed by atoms with Crippen molar-refractivity contribution < 1.29 is 14.3 Å². The van der Waals surface area contributed by atoms with Crippen LogP contribution in [0.3, 0.4) is 0 Å². The molecule has 0 aliphatic carbocycles. The molecule has 4 nitrogen and oxygen atoms in total. The third-order valence-electron chi connectivity index (χ3n) is 5.22. The van der Waals surface area contributed by atoms with Crippen molar-refractivity contribution in [3.05, 3.63) is 71.8 Å². The Balaban J connectivity index is 1.53. The summed E-state index contributed by atoms with van der Waals surface area (Å²) in [6, 6.07) is 20.7. The minimum atomic E-state index is -0.0599. The molecule has 2 aromatic rings. The van der Waals surface area contributed by atoms with E-state index in [1.165, 1.54) is 16.7 Å². The quantitative estimate of drug-likeness (QED) is 0.357. The summed E-state index contributed by atoms with van der Waals surface area (Å²) in [5, 5.41) is 0. The summed E-state index contributed by atoms with van der Waals surface area (Å²) in [4.78, 5) is 14.3. The van der Waals surface area contributed by atoms with Crippen LogP contribution in [0.4, 0.5) is 0 Å². The Labute approximate surface area is 174 Å². The highest BCUT2D eigenvalue weighted by Crippen LogP contribution is 2.20. The Morgan fingerprint density at radius 1 is 1.10 bits per heavy atom. The standard InChI is InChI=1S/C25H31NO3/c1-2-29-25(27)23-14-9-15-26(19-23)16-17-28-20-24(22-12-7-4-8-13-22)18-21-10-5-3-6-11-21/h3-8,10-13,18,23H,2,9,14-17,19-20H2,1H3/b24-18+/t23-/m1/s1. The Morgan fingerprint density at radius 2 is 1.83 bits per heavy atom. The average Bonchev–Trinajstić information content (AvgIpc) is 2.77. The van der Waals surface area contributed by atoms with E-state index in [9.17, 15) is 4.79 Å². The number of likely N-dealkylation sites (tertiary alicyclic amines) is 1. The first-order valence-electron chi connectivity index (χ1n) is 10.5. The molecular weight excluding hydrogens is 362 g/mol. The van der Waals surface area contributed by atoms with Gasteiger partial charge in [0.15, 0.2) is 0 Å². The molecule has 2 aromatic carbocycles. The molecule has 1 atom stereocenters. The average molecular weight is 394 g/mol. The molecule has 0 bridgehead atoms. The summed E-state index contributed by atoms with van der Waals surface area (Å²) < 4.78 is 11.2. The van der Waals surface area contributed by atoms with Gasteiger partial charge in [0, 0.05) is 13.1 Å². The maximum Gasteiger partial charge on any atom is 0.310 e. The summed E-state index contributed by atoms with van der Waals surface area (Å²) in [7, 11) is 0. The lowest BCUT2D eigenvalue weighted by atomic mass is 9.98. The predicted molar refractivity (Wildman–Crippen MR) is 117 cm³/mol. The van der Waals surface area contributed by atoms with Crippen molar-refractivity contribution in [2.75, 3.05) is 39.5 Å². The highest BCUT2D eigenvalue weighted by atomic mass is 16.5. The minimum absolute atomic E-state index is 0.00144. The number of ether oxygens (including phenoxy) is 2. The van der Waals surface area contributed by atoms with Crippen molar-refractivity contribution in [1.29, 1.82) is 0 Å². The van der Waals surface area contributed by atoms with E-state index in [1.54, 1.807) is 0 Å². The van der Waals surface area contributed by atoms with Crippen molar-refractivity contribution in [2.45, 2.75) is 19.8 Å². The van der Waals surface area contributed by atoms with Crippen molar-refractivity contribution in [1.82, 2.24) is 4.90 Å². The van der Waals surface area contributed by atoms with Crippen LogP contribution in [0.1, 0.15) is 30.9 Å². The van der Waals surface area contributed by atoms with Gasteiger partial charge in [0.2, 0.25) is 0 Å². The first-order chi connectivity index (χ1) is 14.3. The van der Waals surface area contributed by atoms with Crippen LogP contribution < -0.4 is 0 Å². The maximum absolute atomic E-state index is 12.0. The molecule has 0 unspecified atom stereocenters. The molecule has 0 saturated carbocycles. The van der Waals surface area contributed by atoms with E-state index in [0.29, 0.717) is 19.8 Å². The molecule has 0 amide bonds. The molecule has 0 radical (unpaired) electrons. The van der Waals surface area contributed by atoms with Gasteiger partial charge in [0.25, 0.3) is 0 Å². The van der Waals surface area contributed by atoms with Crippen molar-refractivity contribution >= 4 is 17.6 Å². The monoisotopic (exact) mass is 393 g/mol. The second kappa shape index (κ2) is 11.5. The lowest BCUT2D eigenvalue weighted by molar-refractivity contribution is -0.150. The van der Waals surface area contributed by atoms with Crippen molar-refractivity contribution in [3.8, 4) is 0 Å². The SMILES string of the molecule is CCOC(=O)[C@@H]1CCCN(CCOC/C(=C\c2ccccc2)c2ccccc2)C1. The fraction of sp³-hybridized carbons (Fsp3) is 0.400. The molecule has 0 spiro atoms. The molecule has 1 aliphatic rings. The van der Waals surface area contributed by atoms with E-state index in [4.69, 9.17) is 9.47 Å². The molecule has 1 saturated heterocycles. The summed E-state index contributed by atoms with van der Waals surface area (Å²) >= 11 is 0. The number of hydrogen-bond donors (Lipinski definition) is 0. The van der Waals surface area contributed by atoms with E-state index in [-0.39, 0.29) is 11.9 Å². The summed E-state index contributed by atoms with van der Waals surface area (Å²) in [5.41, 5.74) is 3.51. The van der Waals surface area contributed by atoms with Gasteiger partial charge in [-0.3, -0.25) is 4.79 Å². The molecule has 0 aromatic heterocycles. The van der Waals surface area contributed by atoms with Gasteiger partial charge in [-0.15, -0.1) is 0 Å². The topological polar surface area (TPSA) is 38.8 Å². The molecule has 3 rings (SSSR count). The van der Waals surface area contributed by atoms with Gasteiger partial charge in [-0.1, -0.05) is 60.7 Å². The van der Waals surface area contributed by atoms with Crippen LogP contribution in [0, 0.1) is 5.92 Å².